The van der Waals surface area contributed by atoms with Crippen LogP contribution in [0.1, 0.15) is 23.4 Å². The molecule has 4 rings (SSSR count). The number of aliphatic imine (C=N–C) groups is 2. The van der Waals surface area contributed by atoms with Crippen molar-refractivity contribution in [3.63, 3.8) is 0 Å². The van der Waals surface area contributed by atoms with E-state index in [4.69, 9.17) is 4.84 Å². The van der Waals surface area contributed by atoms with Gasteiger partial charge in [0, 0.05) is 12.0 Å². The first-order chi connectivity index (χ1) is 12.6. The lowest BCUT2D eigenvalue weighted by Crippen LogP contribution is -2.25. The van der Waals surface area contributed by atoms with Gasteiger partial charge in [-0.3, -0.25) is 9.67 Å². The van der Waals surface area contributed by atoms with E-state index in [1.165, 1.54) is 6.07 Å². The molecule has 0 saturated carbocycles. The first-order valence-corrected chi connectivity index (χ1v) is 8.08. The Morgan fingerprint density at radius 3 is 2.88 bits per heavy atom. The molecule has 134 valence electrons. The van der Waals surface area contributed by atoms with Crippen molar-refractivity contribution in [1.29, 1.82) is 0 Å². The van der Waals surface area contributed by atoms with E-state index >= 15 is 0 Å². The maximum absolute atomic E-state index is 14.0. The van der Waals surface area contributed by atoms with Gasteiger partial charge in [0.1, 0.15) is 23.8 Å². The van der Waals surface area contributed by atoms with E-state index in [-0.39, 0.29) is 24.7 Å². The summed E-state index contributed by atoms with van der Waals surface area (Å²) in [5, 5.41) is 17.9. The lowest BCUT2D eigenvalue weighted by Gasteiger charge is -2.09. The van der Waals surface area contributed by atoms with E-state index in [0.717, 1.165) is 0 Å². The van der Waals surface area contributed by atoms with Crippen molar-refractivity contribution in [2.45, 2.75) is 19.1 Å². The highest BCUT2D eigenvalue weighted by atomic mass is 19.1. The van der Waals surface area contributed by atoms with Gasteiger partial charge in [-0.15, -0.1) is 0 Å². The highest BCUT2D eigenvalue weighted by Gasteiger charge is 2.24. The van der Waals surface area contributed by atoms with Crippen LogP contribution in [0.3, 0.4) is 0 Å². The third-order valence-corrected chi connectivity index (χ3v) is 4.09. The second-order valence-electron chi connectivity index (χ2n) is 5.89. The number of aliphatic hydroxyl groups excluding tert-OH is 1. The number of rotatable bonds is 4. The van der Waals surface area contributed by atoms with Crippen molar-refractivity contribution >= 4 is 17.4 Å². The monoisotopic (exact) mass is 359 g/mol. The molecule has 0 amide bonds. The number of alkyl halides is 1. The maximum atomic E-state index is 14.0. The number of hydrogen-bond acceptors (Lipinski definition) is 5. The number of halogens is 2. The molecule has 1 aromatic carbocycles. The summed E-state index contributed by atoms with van der Waals surface area (Å²) in [6, 6.07) is 8.09. The van der Waals surface area contributed by atoms with Gasteiger partial charge >= 0.3 is 0 Å². The zero-order valence-corrected chi connectivity index (χ0v) is 13.6. The average molecular weight is 359 g/mol. The molecule has 3 heterocycles. The third kappa shape index (κ3) is 3.07. The Morgan fingerprint density at radius 2 is 2.15 bits per heavy atom. The lowest BCUT2D eigenvalue weighted by molar-refractivity contribution is 0.174. The van der Waals surface area contributed by atoms with E-state index in [1.807, 2.05) is 0 Å². The molecule has 1 unspecified atom stereocenters. The highest BCUT2D eigenvalue weighted by Crippen LogP contribution is 2.18. The minimum atomic E-state index is -1.61. The quantitative estimate of drug-likeness (QED) is 0.909. The summed E-state index contributed by atoms with van der Waals surface area (Å²) < 4.78 is 28.9. The van der Waals surface area contributed by atoms with Gasteiger partial charge in [0.25, 0.3) is 0 Å². The van der Waals surface area contributed by atoms with Gasteiger partial charge in [-0.25, -0.2) is 8.78 Å². The molecule has 2 aliphatic rings. The van der Waals surface area contributed by atoms with Gasteiger partial charge in [0.2, 0.25) is 5.90 Å². The summed E-state index contributed by atoms with van der Waals surface area (Å²) in [5.74, 6) is -0.836. The van der Waals surface area contributed by atoms with Crippen molar-refractivity contribution in [1.82, 2.24) is 9.78 Å². The van der Waals surface area contributed by atoms with Crippen LogP contribution >= 0.6 is 0 Å². The van der Waals surface area contributed by atoms with Gasteiger partial charge in [-0.1, -0.05) is 23.4 Å². The number of benzene rings is 1. The lowest BCUT2D eigenvalue weighted by atomic mass is 10.1. The van der Waals surface area contributed by atoms with Crippen LogP contribution in [0.25, 0.3) is 0 Å². The van der Waals surface area contributed by atoms with E-state index in [9.17, 15) is 13.9 Å². The third-order valence-electron chi connectivity index (χ3n) is 4.09. The summed E-state index contributed by atoms with van der Waals surface area (Å²) in [7, 11) is 0. The Morgan fingerprint density at radius 1 is 1.31 bits per heavy atom. The van der Waals surface area contributed by atoms with Crippen LogP contribution in [0.4, 0.5) is 8.78 Å². The second kappa shape index (κ2) is 6.66. The van der Waals surface area contributed by atoms with Crippen molar-refractivity contribution < 1.29 is 18.7 Å². The molecular formula is C17H15F2N5O2. The van der Waals surface area contributed by atoms with Gasteiger partial charge < -0.3 is 9.94 Å². The molecule has 2 aliphatic heterocycles. The van der Waals surface area contributed by atoms with E-state index in [0.29, 0.717) is 35.7 Å². The Bertz CT molecular complexity index is 935. The van der Waals surface area contributed by atoms with Crippen LogP contribution < -0.4 is 0 Å². The summed E-state index contributed by atoms with van der Waals surface area (Å²) >= 11 is 0. The minimum Gasteiger partial charge on any atom is -0.494 e. The predicted octanol–water partition coefficient (Wildman–Crippen LogP) is 2.25. The molecule has 9 heteroatoms. The summed E-state index contributed by atoms with van der Waals surface area (Å²) in [6.45, 7) is 0.416. The van der Waals surface area contributed by atoms with Gasteiger partial charge in [0.05, 0.1) is 18.8 Å². The van der Waals surface area contributed by atoms with Crippen LogP contribution in [0, 0.1) is 5.82 Å². The topological polar surface area (TPSA) is 84.4 Å². The van der Waals surface area contributed by atoms with E-state index in [1.54, 1.807) is 28.9 Å². The van der Waals surface area contributed by atoms with Crippen molar-refractivity contribution in [2.75, 3.05) is 13.2 Å². The van der Waals surface area contributed by atoms with Crippen LogP contribution in [0.2, 0.25) is 0 Å². The number of amidine groups is 1. The van der Waals surface area contributed by atoms with Crippen LogP contribution in [-0.4, -0.2) is 51.7 Å². The smallest absolute Gasteiger partial charge is 0.225 e. The standard InChI is InChI=1S/C17H15F2N5O2/c18-11-4-2-1-3-10(11)9-24-15(13-5-6-26-23-13)7-14(22-24)16-20-8-12(19)17(25)21-16/h1-4,7,12H,5-6,8-9H2,(H,20,21,25). The van der Waals surface area contributed by atoms with Crippen LogP contribution in [-0.2, 0) is 11.4 Å². The number of oxime groups is 1. The molecule has 0 fully saturated rings. The zero-order valence-electron chi connectivity index (χ0n) is 13.6. The first-order valence-electron chi connectivity index (χ1n) is 8.08. The van der Waals surface area contributed by atoms with Crippen molar-refractivity contribution in [3.8, 4) is 0 Å². The molecular weight excluding hydrogens is 344 g/mol. The predicted molar refractivity (Wildman–Crippen MR) is 91.2 cm³/mol. The molecule has 0 radical (unpaired) electrons. The number of aromatic nitrogens is 2. The van der Waals surface area contributed by atoms with Crippen LogP contribution in [0.5, 0.6) is 0 Å². The Balaban J connectivity index is 1.73. The van der Waals surface area contributed by atoms with Gasteiger partial charge in [0.15, 0.2) is 12.0 Å². The summed E-state index contributed by atoms with van der Waals surface area (Å²) in [6.07, 6.45) is -1.01. The largest absolute Gasteiger partial charge is 0.494 e. The summed E-state index contributed by atoms with van der Waals surface area (Å²) in [4.78, 5) is 12.8. The SMILES string of the molecule is OC1=NC(c2cc(C3=NOCC3)n(Cc3ccccc3F)n2)=NCC1F. The normalized spacial score (nSPS) is 19.6. The average Bonchev–Trinajstić information content (AvgIpc) is 3.29. The van der Waals surface area contributed by atoms with Gasteiger partial charge in [-0.2, -0.15) is 10.1 Å². The van der Waals surface area contributed by atoms with Crippen molar-refractivity contribution in [2.24, 2.45) is 15.1 Å². The van der Waals surface area contributed by atoms with Crippen molar-refractivity contribution in [3.05, 3.63) is 53.1 Å². The van der Waals surface area contributed by atoms with E-state index in [2.05, 4.69) is 20.2 Å². The molecule has 26 heavy (non-hydrogen) atoms. The maximum Gasteiger partial charge on any atom is 0.225 e. The molecule has 7 nitrogen and oxygen atoms in total. The molecule has 0 saturated heterocycles. The Labute approximate surface area is 147 Å². The number of nitrogens with zero attached hydrogens (tertiary/aromatic N) is 5. The number of aliphatic hydroxyl groups is 1. The highest BCUT2D eigenvalue weighted by molar-refractivity contribution is 6.08. The molecule has 1 atom stereocenters. The minimum absolute atomic E-state index is 0.129. The molecule has 1 aromatic heterocycles. The van der Waals surface area contributed by atoms with Gasteiger partial charge in [-0.05, 0) is 12.1 Å². The molecule has 2 aromatic rings. The summed E-state index contributed by atoms with van der Waals surface area (Å²) in [5.41, 5.74) is 2.13. The second-order valence-corrected chi connectivity index (χ2v) is 5.89. The molecule has 0 aliphatic carbocycles. The number of hydrogen-bond donors (Lipinski definition) is 1. The first kappa shape index (κ1) is 16.4. The Hall–Kier alpha value is -3.10. The Kier molecular flexibility index (Phi) is 4.19. The molecule has 0 bridgehead atoms. The fourth-order valence-corrected chi connectivity index (χ4v) is 2.75. The molecule has 1 N–H and O–H groups in total. The fraction of sp³-hybridized carbons (Fsp3) is 0.294. The molecule has 0 spiro atoms. The van der Waals surface area contributed by atoms with Crippen LogP contribution in [0.15, 0.2) is 45.5 Å². The fourth-order valence-electron chi connectivity index (χ4n) is 2.75. The van der Waals surface area contributed by atoms with E-state index < -0.39 is 12.1 Å². The zero-order chi connectivity index (χ0) is 18.1.